The fourth-order valence-corrected chi connectivity index (χ4v) is 2.39. The van der Waals surface area contributed by atoms with E-state index in [0.717, 1.165) is 0 Å². The maximum Gasteiger partial charge on any atom is 0.256 e. The zero-order valence-corrected chi connectivity index (χ0v) is 13.4. The van der Waals surface area contributed by atoms with Crippen molar-refractivity contribution in [1.29, 1.82) is 0 Å². The first-order valence-corrected chi connectivity index (χ1v) is 7.77. The van der Waals surface area contributed by atoms with Crippen LogP contribution in [0.15, 0.2) is 46.7 Å². The normalized spacial score (nSPS) is 10.0. The minimum absolute atomic E-state index is 0.145. The molecule has 0 aliphatic heterocycles. The molecule has 0 unspecified atom stereocenters. The summed E-state index contributed by atoms with van der Waals surface area (Å²) in [5.41, 5.74) is 2.47. The molecule has 0 spiro atoms. The van der Waals surface area contributed by atoms with Crippen LogP contribution >= 0.6 is 22.9 Å². The molecule has 0 aliphatic carbocycles. The molecule has 2 aromatic rings. The van der Waals surface area contributed by atoms with Gasteiger partial charge in [-0.05, 0) is 43.5 Å². The van der Waals surface area contributed by atoms with Crippen LogP contribution in [0.1, 0.15) is 24.2 Å². The third kappa shape index (κ3) is 4.62. The quantitative estimate of drug-likeness (QED) is 0.787. The minimum atomic E-state index is -0.145. The molecule has 0 aliphatic rings. The second kappa shape index (κ2) is 7.29. The summed E-state index contributed by atoms with van der Waals surface area (Å²) in [7, 11) is 0. The van der Waals surface area contributed by atoms with E-state index in [9.17, 15) is 4.79 Å². The van der Waals surface area contributed by atoms with Crippen LogP contribution in [0.5, 0.6) is 5.75 Å². The number of allylic oxidation sites excluding steroid dienone is 1. The smallest absolute Gasteiger partial charge is 0.256 e. The monoisotopic (exact) mass is 321 g/mol. The molecule has 0 atom stereocenters. The molecule has 1 N–H and O–H groups in total. The van der Waals surface area contributed by atoms with Crippen LogP contribution in [-0.4, -0.2) is 12.5 Å². The van der Waals surface area contributed by atoms with E-state index in [4.69, 9.17) is 16.3 Å². The van der Waals surface area contributed by atoms with Gasteiger partial charge in [-0.15, -0.1) is 0 Å². The Morgan fingerprint density at radius 2 is 2.19 bits per heavy atom. The number of amides is 1. The predicted molar refractivity (Wildman–Crippen MR) is 88.7 cm³/mol. The van der Waals surface area contributed by atoms with Crippen molar-refractivity contribution in [2.24, 2.45) is 0 Å². The number of hydrogen-bond donors (Lipinski definition) is 1. The van der Waals surface area contributed by atoms with Crippen molar-refractivity contribution in [1.82, 2.24) is 0 Å². The summed E-state index contributed by atoms with van der Waals surface area (Å²) in [6.45, 7) is 4.45. The first kappa shape index (κ1) is 15.6. The Morgan fingerprint density at radius 1 is 1.38 bits per heavy atom. The highest BCUT2D eigenvalue weighted by atomic mass is 35.5. The van der Waals surface area contributed by atoms with Crippen LogP contribution in [0.25, 0.3) is 0 Å². The lowest BCUT2D eigenvalue weighted by Gasteiger charge is -2.09. The molecule has 21 heavy (non-hydrogen) atoms. The molecular weight excluding hydrogens is 306 g/mol. The standard InChI is InChI=1S/C16H16ClNO2S/c1-11(2)5-7-20-15-9-13(3-4-14(15)17)18-16(19)12-6-8-21-10-12/h3-6,8-10H,7H2,1-2H3,(H,18,19). The molecular formula is C16H16ClNO2S. The molecule has 1 aromatic carbocycles. The Balaban J connectivity index is 2.07. The van der Waals surface area contributed by atoms with Crippen molar-refractivity contribution >= 4 is 34.5 Å². The summed E-state index contributed by atoms with van der Waals surface area (Å²) in [6, 6.07) is 6.97. The lowest BCUT2D eigenvalue weighted by Crippen LogP contribution is -2.10. The van der Waals surface area contributed by atoms with E-state index in [-0.39, 0.29) is 5.91 Å². The van der Waals surface area contributed by atoms with Crippen molar-refractivity contribution in [3.63, 3.8) is 0 Å². The lowest BCUT2D eigenvalue weighted by molar-refractivity contribution is 0.102. The number of nitrogens with one attached hydrogen (secondary N) is 1. The van der Waals surface area contributed by atoms with Gasteiger partial charge in [-0.1, -0.05) is 17.2 Å². The SMILES string of the molecule is CC(C)=CCOc1cc(NC(=O)c2ccsc2)ccc1Cl. The highest BCUT2D eigenvalue weighted by Crippen LogP contribution is 2.28. The number of carbonyl (C=O) groups excluding carboxylic acids is 1. The van der Waals surface area contributed by atoms with E-state index < -0.39 is 0 Å². The van der Waals surface area contributed by atoms with Crippen LogP contribution in [0.4, 0.5) is 5.69 Å². The Morgan fingerprint density at radius 3 is 2.86 bits per heavy atom. The van der Waals surface area contributed by atoms with Gasteiger partial charge in [0.05, 0.1) is 10.6 Å². The summed E-state index contributed by atoms with van der Waals surface area (Å²) in [6.07, 6.45) is 1.97. The van der Waals surface area contributed by atoms with Gasteiger partial charge in [0, 0.05) is 17.1 Å². The highest BCUT2D eigenvalue weighted by Gasteiger charge is 2.08. The average molecular weight is 322 g/mol. The van der Waals surface area contributed by atoms with E-state index >= 15 is 0 Å². The van der Waals surface area contributed by atoms with Crippen molar-refractivity contribution in [2.75, 3.05) is 11.9 Å². The number of ether oxygens (including phenoxy) is 1. The summed E-state index contributed by atoms with van der Waals surface area (Å²) >= 11 is 7.58. The van der Waals surface area contributed by atoms with Crippen LogP contribution in [0.3, 0.4) is 0 Å². The van der Waals surface area contributed by atoms with Gasteiger partial charge in [0.25, 0.3) is 5.91 Å². The molecule has 1 amide bonds. The fraction of sp³-hybridized carbons (Fsp3) is 0.188. The van der Waals surface area contributed by atoms with E-state index in [1.54, 1.807) is 29.6 Å². The van der Waals surface area contributed by atoms with Crippen molar-refractivity contribution < 1.29 is 9.53 Å². The topological polar surface area (TPSA) is 38.3 Å². The molecule has 0 bridgehead atoms. The van der Waals surface area contributed by atoms with Gasteiger partial charge in [0.1, 0.15) is 12.4 Å². The van der Waals surface area contributed by atoms with E-state index in [1.165, 1.54) is 16.9 Å². The van der Waals surface area contributed by atoms with Gasteiger partial charge >= 0.3 is 0 Å². The zero-order chi connectivity index (χ0) is 15.2. The van der Waals surface area contributed by atoms with Gasteiger partial charge in [-0.3, -0.25) is 4.79 Å². The number of hydrogen-bond acceptors (Lipinski definition) is 3. The van der Waals surface area contributed by atoms with Gasteiger partial charge < -0.3 is 10.1 Å². The van der Waals surface area contributed by atoms with Gasteiger partial charge in [-0.2, -0.15) is 11.3 Å². The highest BCUT2D eigenvalue weighted by molar-refractivity contribution is 7.08. The van der Waals surface area contributed by atoms with Crippen molar-refractivity contribution in [3.8, 4) is 5.75 Å². The van der Waals surface area contributed by atoms with Crippen molar-refractivity contribution in [3.05, 3.63) is 57.3 Å². The number of rotatable bonds is 5. The van der Waals surface area contributed by atoms with Gasteiger partial charge in [0.15, 0.2) is 0 Å². The third-order valence-electron chi connectivity index (χ3n) is 2.70. The molecule has 5 heteroatoms. The van der Waals surface area contributed by atoms with E-state index in [0.29, 0.717) is 28.6 Å². The van der Waals surface area contributed by atoms with Crippen molar-refractivity contribution in [2.45, 2.75) is 13.8 Å². The predicted octanol–water partition coefficient (Wildman–Crippen LogP) is 5.00. The van der Waals surface area contributed by atoms with E-state index in [1.807, 2.05) is 25.3 Å². The second-order valence-corrected chi connectivity index (χ2v) is 5.89. The first-order chi connectivity index (χ1) is 10.1. The molecule has 2 rings (SSSR count). The van der Waals surface area contributed by atoms with Crippen LogP contribution in [0, 0.1) is 0 Å². The number of carbonyl (C=O) groups is 1. The molecule has 1 heterocycles. The van der Waals surface area contributed by atoms with Gasteiger partial charge in [0.2, 0.25) is 0 Å². The number of benzene rings is 1. The average Bonchev–Trinajstić information content (AvgIpc) is 2.96. The van der Waals surface area contributed by atoms with Crippen LogP contribution in [-0.2, 0) is 0 Å². The molecule has 1 aromatic heterocycles. The number of thiophene rings is 1. The maximum atomic E-state index is 12.0. The summed E-state index contributed by atoms with van der Waals surface area (Å²) in [5, 5.41) is 7.01. The summed E-state index contributed by atoms with van der Waals surface area (Å²) < 4.78 is 5.60. The van der Waals surface area contributed by atoms with Gasteiger partial charge in [-0.25, -0.2) is 0 Å². The number of halogens is 1. The second-order valence-electron chi connectivity index (χ2n) is 4.70. The Bertz CT molecular complexity index is 646. The Hall–Kier alpha value is -1.78. The largest absolute Gasteiger partial charge is 0.488 e. The zero-order valence-electron chi connectivity index (χ0n) is 11.9. The maximum absolute atomic E-state index is 12.0. The molecule has 0 saturated heterocycles. The van der Waals surface area contributed by atoms with E-state index in [2.05, 4.69) is 5.32 Å². The molecule has 110 valence electrons. The Labute approximate surface area is 133 Å². The minimum Gasteiger partial charge on any atom is -0.488 e. The summed E-state index contributed by atoms with van der Waals surface area (Å²) in [4.78, 5) is 12.0. The molecule has 3 nitrogen and oxygen atoms in total. The first-order valence-electron chi connectivity index (χ1n) is 6.45. The lowest BCUT2D eigenvalue weighted by atomic mass is 10.2. The van der Waals surface area contributed by atoms with Crippen LogP contribution < -0.4 is 10.1 Å². The fourth-order valence-electron chi connectivity index (χ4n) is 1.59. The Kier molecular flexibility index (Phi) is 5.42. The van der Waals surface area contributed by atoms with Crippen LogP contribution in [0.2, 0.25) is 5.02 Å². The molecule has 0 saturated carbocycles. The summed E-state index contributed by atoms with van der Waals surface area (Å²) in [5.74, 6) is 0.408. The number of anilines is 1. The molecule has 0 fully saturated rings. The molecule has 0 radical (unpaired) electrons. The third-order valence-corrected chi connectivity index (χ3v) is 3.70.